The van der Waals surface area contributed by atoms with Crippen molar-refractivity contribution < 1.29 is 14.3 Å². The van der Waals surface area contributed by atoms with E-state index >= 15 is 0 Å². The molecule has 2 amide bonds. The van der Waals surface area contributed by atoms with Crippen LogP contribution in [-0.2, 0) is 4.79 Å². The summed E-state index contributed by atoms with van der Waals surface area (Å²) >= 11 is 11.4. The zero-order valence-corrected chi connectivity index (χ0v) is 13.4. The molecule has 5 nitrogen and oxygen atoms in total. The molecule has 116 valence electrons. The SMILES string of the molecule is CCCCNC(=O)Oc1cccc(NC(=O)C(C)(Cl)Cl)c1. The van der Waals surface area contributed by atoms with E-state index in [4.69, 9.17) is 27.9 Å². The van der Waals surface area contributed by atoms with Gasteiger partial charge in [0, 0.05) is 18.3 Å². The number of alkyl halides is 2. The molecule has 0 aliphatic carbocycles. The van der Waals surface area contributed by atoms with Crippen molar-refractivity contribution in [1.82, 2.24) is 5.32 Å². The molecule has 1 aromatic carbocycles. The van der Waals surface area contributed by atoms with Crippen molar-refractivity contribution in [1.29, 1.82) is 0 Å². The van der Waals surface area contributed by atoms with Crippen LogP contribution in [0.15, 0.2) is 24.3 Å². The molecule has 0 saturated heterocycles. The third kappa shape index (κ3) is 6.69. The molecule has 7 heteroatoms. The number of hydrogen-bond acceptors (Lipinski definition) is 3. The van der Waals surface area contributed by atoms with Gasteiger partial charge in [-0.05, 0) is 25.5 Å². The summed E-state index contributed by atoms with van der Waals surface area (Å²) in [5.41, 5.74) is 0.436. The number of anilines is 1. The summed E-state index contributed by atoms with van der Waals surface area (Å²) in [7, 11) is 0. The van der Waals surface area contributed by atoms with E-state index in [2.05, 4.69) is 10.6 Å². The highest BCUT2D eigenvalue weighted by Gasteiger charge is 2.27. The van der Waals surface area contributed by atoms with Crippen molar-refractivity contribution in [3.05, 3.63) is 24.3 Å². The molecule has 0 aliphatic heterocycles. The van der Waals surface area contributed by atoms with Crippen molar-refractivity contribution in [2.75, 3.05) is 11.9 Å². The number of amides is 2. The van der Waals surface area contributed by atoms with E-state index in [0.717, 1.165) is 12.8 Å². The van der Waals surface area contributed by atoms with Crippen LogP contribution in [0.25, 0.3) is 0 Å². The molecule has 0 unspecified atom stereocenters. The summed E-state index contributed by atoms with van der Waals surface area (Å²) in [6.07, 6.45) is 1.33. The quantitative estimate of drug-likeness (QED) is 0.616. The van der Waals surface area contributed by atoms with Crippen LogP contribution in [0.5, 0.6) is 5.75 Å². The van der Waals surface area contributed by atoms with Gasteiger partial charge in [-0.15, -0.1) is 0 Å². The van der Waals surface area contributed by atoms with Crippen LogP contribution in [0.3, 0.4) is 0 Å². The van der Waals surface area contributed by atoms with Crippen molar-refractivity contribution in [3.8, 4) is 5.75 Å². The molecule has 0 bridgehead atoms. The summed E-state index contributed by atoms with van der Waals surface area (Å²) in [5.74, 6) is -0.247. The van der Waals surface area contributed by atoms with E-state index < -0.39 is 16.3 Å². The summed E-state index contributed by atoms with van der Waals surface area (Å²) in [6, 6.07) is 6.40. The van der Waals surface area contributed by atoms with Crippen molar-refractivity contribution >= 4 is 40.9 Å². The third-order valence-corrected chi connectivity index (χ3v) is 2.84. The van der Waals surface area contributed by atoms with Crippen LogP contribution in [-0.4, -0.2) is 22.9 Å². The first kappa shape index (κ1) is 17.6. The van der Waals surface area contributed by atoms with Gasteiger partial charge in [-0.1, -0.05) is 42.6 Å². The van der Waals surface area contributed by atoms with Gasteiger partial charge in [-0.25, -0.2) is 4.79 Å². The van der Waals surface area contributed by atoms with E-state index in [1.807, 2.05) is 6.92 Å². The Morgan fingerprint density at radius 3 is 2.67 bits per heavy atom. The minimum Gasteiger partial charge on any atom is -0.410 e. The lowest BCUT2D eigenvalue weighted by Gasteiger charge is -2.14. The van der Waals surface area contributed by atoms with E-state index in [1.165, 1.54) is 13.0 Å². The Morgan fingerprint density at radius 2 is 2.05 bits per heavy atom. The highest BCUT2D eigenvalue weighted by molar-refractivity contribution is 6.58. The first-order valence-electron chi connectivity index (χ1n) is 6.58. The summed E-state index contributed by atoms with van der Waals surface area (Å²) in [6.45, 7) is 3.95. The van der Waals surface area contributed by atoms with Crippen molar-refractivity contribution in [3.63, 3.8) is 0 Å². The van der Waals surface area contributed by atoms with Crippen LogP contribution in [0.2, 0.25) is 0 Å². The average molecular weight is 333 g/mol. The fourth-order valence-corrected chi connectivity index (χ4v) is 1.48. The Morgan fingerprint density at radius 1 is 1.33 bits per heavy atom. The van der Waals surface area contributed by atoms with Gasteiger partial charge >= 0.3 is 6.09 Å². The lowest BCUT2D eigenvalue weighted by Crippen LogP contribution is -2.29. The number of carbonyl (C=O) groups is 2. The first-order chi connectivity index (χ1) is 9.82. The van der Waals surface area contributed by atoms with Crippen LogP contribution in [0.1, 0.15) is 26.7 Å². The van der Waals surface area contributed by atoms with Crippen LogP contribution in [0.4, 0.5) is 10.5 Å². The maximum Gasteiger partial charge on any atom is 0.412 e. The highest BCUT2D eigenvalue weighted by atomic mass is 35.5. The molecule has 0 aliphatic rings. The minimum atomic E-state index is -1.53. The van der Waals surface area contributed by atoms with Gasteiger partial charge in [-0.3, -0.25) is 4.79 Å². The molecule has 0 heterocycles. The monoisotopic (exact) mass is 332 g/mol. The lowest BCUT2D eigenvalue weighted by molar-refractivity contribution is -0.116. The Hall–Kier alpha value is -1.46. The molecule has 0 spiro atoms. The van der Waals surface area contributed by atoms with E-state index in [1.54, 1.807) is 18.2 Å². The molecule has 0 radical (unpaired) electrons. The van der Waals surface area contributed by atoms with Crippen LogP contribution >= 0.6 is 23.2 Å². The number of nitrogens with one attached hydrogen (secondary N) is 2. The predicted octanol–water partition coefficient (Wildman–Crippen LogP) is 3.71. The van der Waals surface area contributed by atoms with Crippen molar-refractivity contribution in [2.45, 2.75) is 31.0 Å². The maximum atomic E-state index is 11.6. The van der Waals surface area contributed by atoms with Gasteiger partial charge in [-0.2, -0.15) is 0 Å². The van der Waals surface area contributed by atoms with Gasteiger partial charge in [0.25, 0.3) is 5.91 Å². The number of halogens is 2. The largest absolute Gasteiger partial charge is 0.412 e. The molecule has 0 fully saturated rings. The van der Waals surface area contributed by atoms with Gasteiger partial charge < -0.3 is 15.4 Å². The van der Waals surface area contributed by atoms with Gasteiger partial charge in [0.1, 0.15) is 5.75 Å². The molecule has 0 aromatic heterocycles. The summed E-state index contributed by atoms with van der Waals surface area (Å²) < 4.78 is 3.57. The van der Waals surface area contributed by atoms with Gasteiger partial charge in [0.15, 0.2) is 4.33 Å². The molecule has 21 heavy (non-hydrogen) atoms. The number of hydrogen-bond donors (Lipinski definition) is 2. The number of unbranched alkanes of at least 4 members (excludes halogenated alkanes) is 1. The molecule has 0 atom stereocenters. The smallest absolute Gasteiger partial charge is 0.410 e. The Balaban J connectivity index is 2.60. The zero-order valence-electron chi connectivity index (χ0n) is 11.9. The number of ether oxygens (including phenoxy) is 1. The molecule has 2 N–H and O–H groups in total. The first-order valence-corrected chi connectivity index (χ1v) is 7.33. The summed E-state index contributed by atoms with van der Waals surface area (Å²) in [5, 5.41) is 5.16. The molecular formula is C14H18Cl2N2O3. The lowest BCUT2D eigenvalue weighted by atomic mass is 10.3. The Labute approximate surface area is 133 Å². The number of benzene rings is 1. The fraction of sp³-hybridized carbons (Fsp3) is 0.429. The maximum absolute atomic E-state index is 11.6. The average Bonchev–Trinajstić information content (AvgIpc) is 2.38. The Kier molecular flexibility index (Phi) is 6.78. The van der Waals surface area contributed by atoms with Gasteiger partial charge in [0.2, 0.25) is 0 Å². The zero-order chi connectivity index (χ0) is 15.9. The molecule has 0 saturated carbocycles. The predicted molar refractivity (Wildman–Crippen MR) is 84.1 cm³/mol. The van der Waals surface area contributed by atoms with Crippen LogP contribution in [0, 0.1) is 0 Å². The number of carbonyl (C=O) groups excluding carboxylic acids is 2. The highest BCUT2D eigenvalue weighted by Crippen LogP contribution is 2.23. The molecular weight excluding hydrogens is 315 g/mol. The normalized spacial score (nSPS) is 10.9. The van der Waals surface area contributed by atoms with Gasteiger partial charge in [0.05, 0.1) is 0 Å². The third-order valence-electron chi connectivity index (χ3n) is 2.50. The summed E-state index contributed by atoms with van der Waals surface area (Å²) in [4.78, 5) is 23.2. The van der Waals surface area contributed by atoms with Crippen LogP contribution < -0.4 is 15.4 Å². The van der Waals surface area contributed by atoms with E-state index in [0.29, 0.717) is 18.0 Å². The Bertz CT molecular complexity index is 501. The topological polar surface area (TPSA) is 67.4 Å². The van der Waals surface area contributed by atoms with E-state index in [9.17, 15) is 9.59 Å². The minimum absolute atomic E-state index is 0.313. The second-order valence-corrected chi connectivity index (χ2v) is 6.25. The second kappa shape index (κ2) is 8.10. The van der Waals surface area contributed by atoms with Crippen molar-refractivity contribution in [2.24, 2.45) is 0 Å². The fourth-order valence-electron chi connectivity index (χ4n) is 1.39. The van der Waals surface area contributed by atoms with E-state index in [-0.39, 0.29) is 0 Å². The molecule has 1 aromatic rings. The molecule has 1 rings (SSSR count). The second-order valence-electron chi connectivity index (χ2n) is 4.54. The number of rotatable bonds is 6. The standard InChI is InChI=1S/C14H18Cl2N2O3/c1-3-4-8-17-13(20)21-11-7-5-6-10(9-11)18-12(19)14(2,15)16/h5-7,9H,3-4,8H2,1-2H3,(H,17,20)(H,18,19).